The van der Waals surface area contributed by atoms with Crippen LogP contribution in [-0.2, 0) is 10.5 Å². The van der Waals surface area contributed by atoms with E-state index in [-0.39, 0.29) is 17.6 Å². The summed E-state index contributed by atoms with van der Waals surface area (Å²) >= 11 is 1.56. The summed E-state index contributed by atoms with van der Waals surface area (Å²) in [6, 6.07) is 13.4. The number of amides is 2. The normalized spacial score (nSPS) is 10.2. The molecule has 0 saturated carbocycles. The van der Waals surface area contributed by atoms with Gasteiger partial charge in [-0.2, -0.15) is 11.8 Å². The SMILES string of the molecule is CC(=O)Nc1ccc(C(=O)NCCSCc2ccccc2F)cc1. The quantitative estimate of drug-likeness (QED) is 0.755. The molecule has 2 rings (SSSR count). The summed E-state index contributed by atoms with van der Waals surface area (Å²) in [6.45, 7) is 1.94. The third kappa shape index (κ3) is 5.70. The molecule has 2 aromatic carbocycles. The third-order valence-corrected chi connectivity index (χ3v) is 4.22. The van der Waals surface area contributed by atoms with Crippen molar-refractivity contribution in [3.05, 3.63) is 65.5 Å². The van der Waals surface area contributed by atoms with Crippen molar-refractivity contribution in [1.82, 2.24) is 5.32 Å². The summed E-state index contributed by atoms with van der Waals surface area (Å²) in [5, 5.41) is 5.47. The lowest BCUT2D eigenvalue weighted by atomic mass is 10.2. The molecule has 0 atom stereocenters. The summed E-state index contributed by atoms with van der Waals surface area (Å²) in [5.41, 5.74) is 1.85. The van der Waals surface area contributed by atoms with Gasteiger partial charge in [0.1, 0.15) is 5.82 Å². The van der Waals surface area contributed by atoms with Crippen LogP contribution in [0.2, 0.25) is 0 Å². The highest BCUT2D eigenvalue weighted by atomic mass is 32.2. The van der Waals surface area contributed by atoms with Crippen molar-refractivity contribution < 1.29 is 14.0 Å². The first-order chi connectivity index (χ1) is 11.6. The number of halogens is 1. The highest BCUT2D eigenvalue weighted by Crippen LogP contribution is 2.15. The molecule has 2 amide bonds. The Hall–Kier alpha value is -2.34. The molecule has 0 fully saturated rings. The Kier molecular flexibility index (Phi) is 6.81. The van der Waals surface area contributed by atoms with Crippen LogP contribution in [0.25, 0.3) is 0 Å². The number of hydrogen-bond acceptors (Lipinski definition) is 3. The monoisotopic (exact) mass is 346 g/mol. The maximum atomic E-state index is 13.5. The van der Waals surface area contributed by atoms with Crippen LogP contribution in [0.15, 0.2) is 48.5 Å². The zero-order valence-corrected chi connectivity index (χ0v) is 14.2. The molecule has 0 unspecified atom stereocenters. The first kappa shape index (κ1) is 18.0. The van der Waals surface area contributed by atoms with Gasteiger partial charge in [-0.25, -0.2) is 4.39 Å². The van der Waals surface area contributed by atoms with E-state index in [1.165, 1.54) is 13.0 Å². The predicted molar refractivity (Wildman–Crippen MR) is 95.6 cm³/mol. The molecule has 0 aliphatic rings. The Morgan fingerprint density at radius 3 is 2.46 bits per heavy atom. The number of rotatable bonds is 7. The number of carbonyl (C=O) groups is 2. The minimum absolute atomic E-state index is 0.154. The van der Waals surface area contributed by atoms with E-state index in [4.69, 9.17) is 0 Å². The van der Waals surface area contributed by atoms with Crippen LogP contribution in [0.1, 0.15) is 22.8 Å². The molecule has 4 nitrogen and oxygen atoms in total. The first-order valence-corrected chi connectivity index (χ1v) is 8.69. The van der Waals surface area contributed by atoms with Crippen LogP contribution in [0.5, 0.6) is 0 Å². The van der Waals surface area contributed by atoms with Gasteiger partial charge in [-0.05, 0) is 35.9 Å². The molecule has 2 aromatic rings. The van der Waals surface area contributed by atoms with E-state index >= 15 is 0 Å². The summed E-state index contributed by atoms with van der Waals surface area (Å²) < 4.78 is 13.5. The minimum Gasteiger partial charge on any atom is -0.351 e. The number of anilines is 1. The Morgan fingerprint density at radius 1 is 1.08 bits per heavy atom. The zero-order chi connectivity index (χ0) is 17.4. The van der Waals surface area contributed by atoms with Crippen LogP contribution < -0.4 is 10.6 Å². The van der Waals surface area contributed by atoms with E-state index in [0.717, 1.165) is 0 Å². The number of nitrogens with one attached hydrogen (secondary N) is 2. The summed E-state index contributed by atoms with van der Waals surface area (Å²) in [5.74, 6) is 0.751. The molecule has 0 aliphatic carbocycles. The number of carbonyl (C=O) groups excluding carboxylic acids is 2. The van der Waals surface area contributed by atoms with Gasteiger partial charge in [-0.15, -0.1) is 0 Å². The summed E-state index contributed by atoms with van der Waals surface area (Å²) in [7, 11) is 0. The fourth-order valence-corrected chi connectivity index (χ4v) is 2.89. The van der Waals surface area contributed by atoms with E-state index in [9.17, 15) is 14.0 Å². The van der Waals surface area contributed by atoms with Gasteiger partial charge < -0.3 is 10.6 Å². The van der Waals surface area contributed by atoms with Crippen LogP contribution >= 0.6 is 11.8 Å². The Morgan fingerprint density at radius 2 is 1.79 bits per heavy atom. The van der Waals surface area contributed by atoms with Crippen LogP contribution in [0.4, 0.5) is 10.1 Å². The second-order valence-electron chi connectivity index (χ2n) is 5.16. The highest BCUT2D eigenvalue weighted by Gasteiger charge is 2.05. The summed E-state index contributed by atoms with van der Waals surface area (Å²) in [4.78, 5) is 22.9. The van der Waals surface area contributed by atoms with Gasteiger partial charge >= 0.3 is 0 Å². The van der Waals surface area contributed by atoms with E-state index in [1.807, 2.05) is 6.07 Å². The molecule has 0 aliphatic heterocycles. The third-order valence-electron chi connectivity index (χ3n) is 3.21. The van der Waals surface area contributed by atoms with Crippen molar-refractivity contribution in [1.29, 1.82) is 0 Å². The first-order valence-electron chi connectivity index (χ1n) is 7.53. The minimum atomic E-state index is -0.201. The molecule has 24 heavy (non-hydrogen) atoms. The average Bonchev–Trinajstić information content (AvgIpc) is 2.56. The van der Waals surface area contributed by atoms with Gasteiger partial charge in [-0.1, -0.05) is 18.2 Å². The predicted octanol–water partition coefficient (Wildman–Crippen LogP) is 3.45. The number of hydrogen-bond donors (Lipinski definition) is 2. The maximum absolute atomic E-state index is 13.5. The lowest BCUT2D eigenvalue weighted by molar-refractivity contribution is -0.114. The molecular weight excluding hydrogens is 327 g/mol. The largest absolute Gasteiger partial charge is 0.351 e. The molecule has 0 saturated heterocycles. The van der Waals surface area contributed by atoms with Crippen LogP contribution in [0.3, 0.4) is 0 Å². The summed E-state index contributed by atoms with van der Waals surface area (Å²) in [6.07, 6.45) is 0. The van der Waals surface area contributed by atoms with Crippen LogP contribution in [0, 0.1) is 5.82 Å². The molecule has 0 aromatic heterocycles. The molecule has 0 spiro atoms. The molecular formula is C18H19FN2O2S. The Balaban J connectivity index is 1.71. The van der Waals surface area contributed by atoms with E-state index in [1.54, 1.807) is 48.2 Å². The second-order valence-corrected chi connectivity index (χ2v) is 6.26. The van der Waals surface area contributed by atoms with Gasteiger partial charge in [0, 0.05) is 36.2 Å². The lowest BCUT2D eigenvalue weighted by Gasteiger charge is -2.07. The van der Waals surface area contributed by atoms with Crippen molar-refractivity contribution in [3.63, 3.8) is 0 Å². The number of benzene rings is 2. The average molecular weight is 346 g/mol. The molecule has 0 radical (unpaired) electrons. The van der Waals surface area contributed by atoms with Gasteiger partial charge in [0.15, 0.2) is 0 Å². The highest BCUT2D eigenvalue weighted by molar-refractivity contribution is 7.98. The van der Waals surface area contributed by atoms with E-state index < -0.39 is 0 Å². The molecule has 0 heterocycles. The van der Waals surface area contributed by atoms with Gasteiger partial charge in [0.25, 0.3) is 5.91 Å². The van der Waals surface area contributed by atoms with Gasteiger partial charge in [-0.3, -0.25) is 9.59 Å². The molecule has 0 bridgehead atoms. The lowest BCUT2D eigenvalue weighted by Crippen LogP contribution is -2.25. The van der Waals surface area contributed by atoms with E-state index in [0.29, 0.717) is 34.9 Å². The second kappa shape index (κ2) is 9.08. The van der Waals surface area contributed by atoms with E-state index in [2.05, 4.69) is 10.6 Å². The fraction of sp³-hybridized carbons (Fsp3) is 0.222. The van der Waals surface area contributed by atoms with Gasteiger partial charge in [0.05, 0.1) is 0 Å². The maximum Gasteiger partial charge on any atom is 0.251 e. The topological polar surface area (TPSA) is 58.2 Å². The molecule has 2 N–H and O–H groups in total. The zero-order valence-electron chi connectivity index (χ0n) is 13.3. The Labute approximate surface area is 144 Å². The van der Waals surface area contributed by atoms with Crippen molar-refractivity contribution >= 4 is 29.3 Å². The van der Waals surface area contributed by atoms with Crippen molar-refractivity contribution in [2.75, 3.05) is 17.6 Å². The van der Waals surface area contributed by atoms with Crippen molar-refractivity contribution in [3.8, 4) is 0 Å². The standard InChI is InChI=1S/C18H19FN2O2S/c1-13(22)21-16-8-6-14(7-9-16)18(23)20-10-11-24-12-15-4-2-3-5-17(15)19/h2-9H,10-12H2,1H3,(H,20,23)(H,21,22). The van der Waals surface area contributed by atoms with Gasteiger partial charge in [0.2, 0.25) is 5.91 Å². The molecule has 126 valence electrons. The fourth-order valence-electron chi connectivity index (χ4n) is 2.04. The van der Waals surface area contributed by atoms with Crippen molar-refractivity contribution in [2.24, 2.45) is 0 Å². The smallest absolute Gasteiger partial charge is 0.251 e. The Bertz CT molecular complexity index is 704. The number of thioether (sulfide) groups is 1. The molecule has 6 heteroatoms. The van der Waals surface area contributed by atoms with Crippen LogP contribution in [-0.4, -0.2) is 24.1 Å². The van der Waals surface area contributed by atoms with Crippen molar-refractivity contribution in [2.45, 2.75) is 12.7 Å².